The predicted molar refractivity (Wildman–Crippen MR) is 83.8 cm³/mol. The second-order valence-corrected chi connectivity index (χ2v) is 5.76. The van der Waals surface area contributed by atoms with E-state index < -0.39 is 11.7 Å². The maximum Gasteiger partial charge on any atom is 0.437 e. The van der Waals surface area contributed by atoms with E-state index in [1.165, 1.54) is 29.5 Å². The molecule has 3 aromatic rings. The van der Waals surface area contributed by atoms with Gasteiger partial charge in [-0.25, -0.2) is 9.18 Å². The van der Waals surface area contributed by atoms with Gasteiger partial charge in [-0.2, -0.15) is 4.68 Å². The first-order valence-corrected chi connectivity index (χ1v) is 7.59. The topological polar surface area (TPSA) is 77.1 Å². The molecule has 0 unspecified atom stereocenters. The molecule has 0 saturated heterocycles. The van der Waals surface area contributed by atoms with Gasteiger partial charge >= 0.3 is 5.76 Å². The number of aromatic nitrogens is 2. The van der Waals surface area contributed by atoms with E-state index in [2.05, 4.69) is 10.4 Å². The zero-order chi connectivity index (χ0) is 16.4. The molecule has 1 amide bonds. The molecule has 0 saturated carbocycles. The first-order valence-electron chi connectivity index (χ1n) is 6.71. The number of carbonyl (C=O) groups is 1. The number of hydrogen-bond acceptors (Lipinski definition) is 5. The molecule has 1 aromatic carbocycles. The van der Waals surface area contributed by atoms with E-state index in [4.69, 9.17) is 4.42 Å². The number of anilines is 1. The number of halogens is 1. The minimum absolute atomic E-state index is 0.177. The lowest BCUT2D eigenvalue weighted by Crippen LogP contribution is -2.26. The van der Waals surface area contributed by atoms with Crippen molar-refractivity contribution in [3.05, 3.63) is 57.6 Å². The minimum Gasteiger partial charge on any atom is -0.387 e. The molecule has 8 heteroatoms. The molecule has 1 N–H and O–H groups in total. The Morgan fingerprint density at radius 2 is 2.26 bits per heavy atom. The highest BCUT2D eigenvalue weighted by atomic mass is 32.1. The van der Waals surface area contributed by atoms with Gasteiger partial charge in [-0.05, 0) is 42.1 Å². The summed E-state index contributed by atoms with van der Waals surface area (Å²) in [7, 11) is 0. The largest absolute Gasteiger partial charge is 0.437 e. The molecular formula is C15H12FN3O3S. The fraction of sp³-hybridized carbons (Fsp3) is 0.133. The number of amides is 1. The van der Waals surface area contributed by atoms with Gasteiger partial charge in [-0.1, -0.05) is 6.07 Å². The van der Waals surface area contributed by atoms with Crippen LogP contribution in [0.5, 0.6) is 0 Å². The summed E-state index contributed by atoms with van der Waals surface area (Å²) in [6.07, 6.45) is 0. The average molecular weight is 333 g/mol. The lowest BCUT2D eigenvalue weighted by Gasteiger charge is -2.07. The van der Waals surface area contributed by atoms with Crippen LogP contribution in [0.15, 0.2) is 44.9 Å². The summed E-state index contributed by atoms with van der Waals surface area (Å²) in [4.78, 5) is 24.5. The monoisotopic (exact) mass is 333 g/mol. The lowest BCUT2D eigenvalue weighted by molar-refractivity contribution is -0.117. The Hall–Kier alpha value is -2.74. The Kier molecular flexibility index (Phi) is 4.07. The molecule has 3 rings (SSSR count). The van der Waals surface area contributed by atoms with E-state index in [-0.39, 0.29) is 18.3 Å². The van der Waals surface area contributed by atoms with Crippen LogP contribution < -0.4 is 11.1 Å². The molecule has 0 bridgehead atoms. The summed E-state index contributed by atoms with van der Waals surface area (Å²) in [5.74, 6) is -1.36. The molecule has 6 nitrogen and oxygen atoms in total. The Balaban J connectivity index is 1.74. The van der Waals surface area contributed by atoms with Crippen LogP contribution in [0.25, 0.3) is 10.8 Å². The highest BCUT2D eigenvalue weighted by molar-refractivity contribution is 7.13. The van der Waals surface area contributed by atoms with Crippen LogP contribution >= 0.6 is 11.3 Å². The van der Waals surface area contributed by atoms with Gasteiger partial charge in [0.15, 0.2) is 0 Å². The predicted octanol–water partition coefficient (Wildman–Crippen LogP) is 2.65. The van der Waals surface area contributed by atoms with Crippen molar-refractivity contribution in [2.45, 2.75) is 13.5 Å². The molecule has 0 radical (unpaired) electrons. The van der Waals surface area contributed by atoms with Gasteiger partial charge in [0.25, 0.3) is 5.89 Å². The summed E-state index contributed by atoms with van der Waals surface area (Å²) >= 11 is 1.38. The fourth-order valence-corrected chi connectivity index (χ4v) is 2.64. The number of nitrogens with zero attached hydrogens (tertiary/aromatic N) is 2. The molecule has 2 aromatic heterocycles. The number of thiophene rings is 1. The van der Waals surface area contributed by atoms with Crippen LogP contribution in [-0.2, 0) is 11.3 Å². The first-order chi connectivity index (χ1) is 11.0. The van der Waals surface area contributed by atoms with E-state index in [1.54, 1.807) is 13.0 Å². The van der Waals surface area contributed by atoms with Gasteiger partial charge in [0.1, 0.15) is 12.4 Å². The Morgan fingerprint density at radius 3 is 2.96 bits per heavy atom. The molecule has 118 valence electrons. The summed E-state index contributed by atoms with van der Waals surface area (Å²) < 4.78 is 19.0. The van der Waals surface area contributed by atoms with Crippen molar-refractivity contribution in [1.29, 1.82) is 0 Å². The van der Waals surface area contributed by atoms with Crippen LogP contribution in [0.3, 0.4) is 0 Å². The van der Waals surface area contributed by atoms with Crippen molar-refractivity contribution < 1.29 is 13.6 Å². The number of carbonyl (C=O) groups excluding carboxylic acids is 1. The van der Waals surface area contributed by atoms with Crippen molar-refractivity contribution in [3.63, 3.8) is 0 Å². The van der Waals surface area contributed by atoms with Crippen LogP contribution in [-0.4, -0.2) is 15.7 Å². The molecule has 2 heterocycles. The van der Waals surface area contributed by atoms with Crippen molar-refractivity contribution >= 4 is 22.9 Å². The van der Waals surface area contributed by atoms with Crippen molar-refractivity contribution in [1.82, 2.24) is 9.78 Å². The summed E-state index contributed by atoms with van der Waals surface area (Å²) in [5, 5.41) is 8.44. The second kappa shape index (κ2) is 6.17. The third-order valence-corrected chi connectivity index (χ3v) is 3.95. The third kappa shape index (κ3) is 3.37. The number of nitrogens with one attached hydrogen (secondary N) is 1. The SMILES string of the molecule is Cc1cc(F)ccc1NC(=O)Cn1nc(-c2cccs2)oc1=O. The number of benzene rings is 1. The van der Waals surface area contributed by atoms with Gasteiger partial charge in [0, 0.05) is 5.69 Å². The molecule has 23 heavy (non-hydrogen) atoms. The quantitative estimate of drug-likeness (QED) is 0.796. The normalized spacial score (nSPS) is 10.7. The van der Waals surface area contributed by atoms with Crippen LogP contribution in [0.1, 0.15) is 5.56 Å². The summed E-state index contributed by atoms with van der Waals surface area (Å²) in [6, 6.07) is 7.60. The standard InChI is InChI=1S/C15H12FN3O3S/c1-9-7-10(16)4-5-11(9)17-13(20)8-19-15(21)22-14(18-19)12-3-2-6-23-12/h2-7H,8H2,1H3,(H,17,20). The molecule has 0 aliphatic heterocycles. The van der Waals surface area contributed by atoms with E-state index in [9.17, 15) is 14.0 Å². The van der Waals surface area contributed by atoms with Crippen LogP contribution in [0, 0.1) is 12.7 Å². The van der Waals surface area contributed by atoms with E-state index in [0.717, 1.165) is 4.68 Å². The van der Waals surface area contributed by atoms with E-state index in [0.29, 0.717) is 16.1 Å². The Morgan fingerprint density at radius 1 is 1.43 bits per heavy atom. The maximum absolute atomic E-state index is 13.0. The molecule has 0 atom stereocenters. The lowest BCUT2D eigenvalue weighted by atomic mass is 10.2. The zero-order valence-electron chi connectivity index (χ0n) is 12.1. The van der Waals surface area contributed by atoms with Gasteiger partial charge in [-0.15, -0.1) is 16.4 Å². The Labute approximate surface area is 134 Å². The van der Waals surface area contributed by atoms with E-state index in [1.807, 2.05) is 11.4 Å². The second-order valence-electron chi connectivity index (χ2n) is 4.82. The van der Waals surface area contributed by atoms with Gasteiger partial charge in [0.2, 0.25) is 5.91 Å². The van der Waals surface area contributed by atoms with Gasteiger partial charge < -0.3 is 9.73 Å². The third-order valence-electron chi connectivity index (χ3n) is 3.09. The summed E-state index contributed by atoms with van der Waals surface area (Å²) in [5.41, 5.74) is 1.07. The number of hydrogen-bond donors (Lipinski definition) is 1. The molecule has 0 aliphatic rings. The highest BCUT2D eigenvalue weighted by Crippen LogP contribution is 2.21. The van der Waals surface area contributed by atoms with E-state index >= 15 is 0 Å². The molecule has 0 aliphatic carbocycles. The van der Waals surface area contributed by atoms with Crippen molar-refractivity contribution in [2.24, 2.45) is 0 Å². The van der Waals surface area contributed by atoms with Gasteiger partial charge in [-0.3, -0.25) is 4.79 Å². The zero-order valence-corrected chi connectivity index (χ0v) is 12.9. The van der Waals surface area contributed by atoms with Crippen molar-refractivity contribution in [3.8, 4) is 10.8 Å². The van der Waals surface area contributed by atoms with Gasteiger partial charge in [0.05, 0.1) is 4.88 Å². The van der Waals surface area contributed by atoms with Crippen LogP contribution in [0.4, 0.5) is 10.1 Å². The molecule has 0 spiro atoms. The van der Waals surface area contributed by atoms with Crippen molar-refractivity contribution in [2.75, 3.05) is 5.32 Å². The molecular weight excluding hydrogens is 321 g/mol. The maximum atomic E-state index is 13.0. The number of rotatable bonds is 4. The summed E-state index contributed by atoms with van der Waals surface area (Å²) in [6.45, 7) is 1.39. The molecule has 0 fully saturated rings. The smallest absolute Gasteiger partial charge is 0.387 e. The fourth-order valence-electron chi connectivity index (χ4n) is 2.00. The van der Waals surface area contributed by atoms with Crippen LogP contribution in [0.2, 0.25) is 0 Å². The number of aryl methyl sites for hydroxylation is 1. The highest BCUT2D eigenvalue weighted by Gasteiger charge is 2.14. The first kappa shape index (κ1) is 15.2. The minimum atomic E-state index is -0.709. The average Bonchev–Trinajstić information content (AvgIpc) is 3.13. The Bertz CT molecular complexity index is 899.